The number of hydrogen-bond acceptors (Lipinski definition) is 3. The Labute approximate surface area is 94.0 Å². The van der Waals surface area contributed by atoms with Crippen LogP contribution in [0, 0.1) is 0 Å². The molecule has 0 amide bonds. The van der Waals surface area contributed by atoms with Crippen LogP contribution in [0.15, 0.2) is 24.4 Å². The van der Waals surface area contributed by atoms with E-state index in [0.29, 0.717) is 0 Å². The van der Waals surface area contributed by atoms with Crippen LogP contribution in [-0.4, -0.2) is 23.2 Å². The van der Waals surface area contributed by atoms with Crippen molar-refractivity contribution in [1.29, 1.82) is 0 Å². The Balaban J connectivity index is 2.57. The maximum absolute atomic E-state index is 9.96. The number of benzene rings is 1. The van der Waals surface area contributed by atoms with Gasteiger partial charge in [-0.25, -0.2) is 0 Å². The normalized spacial score (nSPS) is 15.0. The maximum Gasteiger partial charge on any atom is 0.142 e. The molecular formula is C12H16N2O2. The highest BCUT2D eigenvalue weighted by atomic mass is 16.5. The number of H-pyrrole nitrogens is 1. The number of nitrogens with two attached hydrogens (primary N) is 1. The number of aliphatic hydroxyl groups excluding tert-OH is 1. The summed E-state index contributed by atoms with van der Waals surface area (Å²) >= 11 is 0. The number of methoxy groups -OCH3 is 1. The molecule has 0 aliphatic heterocycles. The molecule has 2 unspecified atom stereocenters. The molecule has 86 valence electrons. The van der Waals surface area contributed by atoms with Gasteiger partial charge in [-0.2, -0.15) is 0 Å². The number of nitrogens with one attached hydrogen (secondary N) is 1. The number of aliphatic hydroxyl groups is 1. The van der Waals surface area contributed by atoms with Gasteiger partial charge in [-0.1, -0.05) is 12.1 Å². The smallest absolute Gasteiger partial charge is 0.142 e. The highest BCUT2D eigenvalue weighted by Gasteiger charge is 2.17. The zero-order valence-corrected chi connectivity index (χ0v) is 9.40. The van der Waals surface area contributed by atoms with E-state index in [1.807, 2.05) is 18.2 Å². The van der Waals surface area contributed by atoms with Crippen molar-refractivity contribution in [1.82, 2.24) is 4.98 Å². The summed E-state index contributed by atoms with van der Waals surface area (Å²) < 4.78 is 5.24. The van der Waals surface area contributed by atoms with Crippen LogP contribution < -0.4 is 10.5 Å². The molecule has 0 bridgehead atoms. The summed E-state index contributed by atoms with van der Waals surface area (Å²) in [6.07, 6.45) is 1.11. The lowest BCUT2D eigenvalue weighted by atomic mass is 10.0. The van der Waals surface area contributed by atoms with E-state index < -0.39 is 6.10 Å². The Morgan fingerprint density at radius 1 is 1.44 bits per heavy atom. The monoisotopic (exact) mass is 220 g/mol. The van der Waals surface area contributed by atoms with Crippen LogP contribution in [0.1, 0.15) is 18.6 Å². The largest absolute Gasteiger partial charge is 0.495 e. The molecule has 0 aliphatic rings. The van der Waals surface area contributed by atoms with Gasteiger partial charge < -0.3 is 20.6 Å². The van der Waals surface area contributed by atoms with Crippen molar-refractivity contribution in [3.8, 4) is 5.75 Å². The fraction of sp³-hybridized carbons (Fsp3) is 0.333. The Hall–Kier alpha value is -1.52. The van der Waals surface area contributed by atoms with Crippen LogP contribution in [0.3, 0.4) is 0 Å². The molecule has 16 heavy (non-hydrogen) atoms. The molecule has 1 aromatic carbocycles. The zero-order valence-electron chi connectivity index (χ0n) is 9.40. The lowest BCUT2D eigenvalue weighted by Gasteiger charge is -2.13. The van der Waals surface area contributed by atoms with Crippen LogP contribution >= 0.6 is 0 Å². The Morgan fingerprint density at radius 2 is 2.19 bits per heavy atom. The van der Waals surface area contributed by atoms with E-state index in [0.717, 1.165) is 22.2 Å². The van der Waals surface area contributed by atoms with E-state index in [9.17, 15) is 5.11 Å². The Bertz CT molecular complexity index is 491. The van der Waals surface area contributed by atoms with Gasteiger partial charge in [0.15, 0.2) is 0 Å². The minimum absolute atomic E-state index is 0.301. The van der Waals surface area contributed by atoms with Crippen molar-refractivity contribution in [2.75, 3.05) is 7.11 Å². The number of fused-ring (bicyclic) bond motifs is 1. The van der Waals surface area contributed by atoms with Gasteiger partial charge in [0.2, 0.25) is 0 Å². The molecule has 2 aromatic rings. The minimum Gasteiger partial charge on any atom is -0.495 e. The second kappa shape index (κ2) is 4.15. The van der Waals surface area contributed by atoms with Gasteiger partial charge >= 0.3 is 0 Å². The van der Waals surface area contributed by atoms with Crippen molar-refractivity contribution < 1.29 is 9.84 Å². The molecule has 2 atom stereocenters. The fourth-order valence-corrected chi connectivity index (χ4v) is 1.85. The summed E-state index contributed by atoms with van der Waals surface area (Å²) in [7, 11) is 1.62. The Kier molecular flexibility index (Phi) is 2.85. The van der Waals surface area contributed by atoms with E-state index >= 15 is 0 Å². The second-order valence-corrected chi connectivity index (χ2v) is 3.93. The summed E-state index contributed by atoms with van der Waals surface area (Å²) in [5, 5.41) is 10.9. The molecule has 1 heterocycles. The van der Waals surface area contributed by atoms with Crippen molar-refractivity contribution >= 4 is 10.9 Å². The van der Waals surface area contributed by atoms with Crippen LogP contribution in [0.25, 0.3) is 10.9 Å². The van der Waals surface area contributed by atoms with Gasteiger partial charge in [0.1, 0.15) is 5.75 Å². The molecular weight excluding hydrogens is 204 g/mol. The highest BCUT2D eigenvalue weighted by molar-refractivity contribution is 5.88. The van der Waals surface area contributed by atoms with Gasteiger partial charge in [-0.15, -0.1) is 0 Å². The van der Waals surface area contributed by atoms with Crippen LogP contribution in [-0.2, 0) is 0 Å². The summed E-state index contributed by atoms with van der Waals surface area (Å²) in [5.41, 5.74) is 7.39. The summed E-state index contributed by atoms with van der Waals surface area (Å²) in [4.78, 5) is 3.10. The molecule has 1 aromatic heterocycles. The number of ether oxygens (including phenoxy) is 1. The van der Waals surface area contributed by atoms with Crippen molar-refractivity contribution in [2.45, 2.75) is 19.1 Å². The van der Waals surface area contributed by atoms with E-state index in [-0.39, 0.29) is 6.04 Å². The third-order valence-electron chi connectivity index (χ3n) is 2.75. The minimum atomic E-state index is -0.666. The lowest BCUT2D eigenvalue weighted by Crippen LogP contribution is -2.24. The maximum atomic E-state index is 9.96. The van der Waals surface area contributed by atoms with Gasteiger partial charge in [0.25, 0.3) is 0 Å². The van der Waals surface area contributed by atoms with Gasteiger partial charge in [0, 0.05) is 23.2 Å². The molecule has 0 saturated heterocycles. The standard InChI is InChI=1S/C12H16N2O2/c1-7(13)12(15)9-6-14-11-8(9)4-3-5-10(11)16-2/h3-7,12,14-15H,13H2,1-2H3. The van der Waals surface area contributed by atoms with Crippen LogP contribution in [0.4, 0.5) is 0 Å². The van der Waals surface area contributed by atoms with Crippen LogP contribution in [0.5, 0.6) is 5.75 Å². The molecule has 2 rings (SSSR count). The highest BCUT2D eigenvalue weighted by Crippen LogP contribution is 2.30. The first kappa shape index (κ1) is 11.0. The second-order valence-electron chi connectivity index (χ2n) is 3.93. The number of aromatic nitrogens is 1. The van der Waals surface area contributed by atoms with Crippen molar-refractivity contribution in [3.05, 3.63) is 30.0 Å². The molecule has 0 aliphatic carbocycles. The van der Waals surface area contributed by atoms with E-state index in [2.05, 4.69) is 4.98 Å². The van der Waals surface area contributed by atoms with Crippen LogP contribution in [0.2, 0.25) is 0 Å². The third kappa shape index (κ3) is 1.66. The number of aromatic amines is 1. The quantitative estimate of drug-likeness (QED) is 0.735. The number of rotatable bonds is 3. The zero-order chi connectivity index (χ0) is 11.7. The summed E-state index contributed by atoms with van der Waals surface area (Å²) in [6, 6.07) is 5.41. The molecule has 0 radical (unpaired) electrons. The first-order valence-electron chi connectivity index (χ1n) is 5.22. The molecule has 0 fully saturated rings. The summed E-state index contributed by atoms with van der Waals surface area (Å²) in [5.74, 6) is 0.764. The predicted molar refractivity (Wildman–Crippen MR) is 63.5 cm³/mol. The van der Waals surface area contributed by atoms with E-state index in [1.54, 1.807) is 20.2 Å². The molecule has 4 heteroatoms. The fourth-order valence-electron chi connectivity index (χ4n) is 1.85. The lowest BCUT2D eigenvalue weighted by molar-refractivity contribution is 0.155. The number of hydrogen-bond donors (Lipinski definition) is 3. The first-order chi connectivity index (χ1) is 7.65. The number of para-hydroxylation sites is 1. The van der Waals surface area contributed by atoms with Gasteiger partial charge in [-0.05, 0) is 13.0 Å². The molecule has 0 saturated carbocycles. The van der Waals surface area contributed by atoms with Crippen molar-refractivity contribution in [2.24, 2.45) is 5.73 Å². The van der Waals surface area contributed by atoms with E-state index in [4.69, 9.17) is 10.5 Å². The molecule has 0 spiro atoms. The molecule has 4 nitrogen and oxygen atoms in total. The summed E-state index contributed by atoms with van der Waals surface area (Å²) in [6.45, 7) is 1.78. The topological polar surface area (TPSA) is 71.3 Å². The van der Waals surface area contributed by atoms with Crippen molar-refractivity contribution in [3.63, 3.8) is 0 Å². The van der Waals surface area contributed by atoms with Gasteiger partial charge in [-0.3, -0.25) is 0 Å². The SMILES string of the molecule is COc1cccc2c(C(O)C(C)N)c[nH]c12. The average molecular weight is 220 g/mol. The third-order valence-corrected chi connectivity index (χ3v) is 2.75. The molecule has 4 N–H and O–H groups in total. The van der Waals surface area contributed by atoms with Gasteiger partial charge in [0.05, 0.1) is 18.7 Å². The first-order valence-corrected chi connectivity index (χ1v) is 5.22. The predicted octanol–water partition coefficient (Wildman–Crippen LogP) is 1.56. The average Bonchev–Trinajstić information content (AvgIpc) is 2.71. The Morgan fingerprint density at radius 3 is 2.81 bits per heavy atom. The van der Waals surface area contributed by atoms with E-state index in [1.165, 1.54) is 0 Å².